The molecule has 0 aliphatic heterocycles. The summed E-state index contributed by atoms with van der Waals surface area (Å²) in [5.74, 6) is 1.27. The van der Waals surface area contributed by atoms with E-state index in [9.17, 15) is 0 Å². The predicted octanol–water partition coefficient (Wildman–Crippen LogP) is 3.55. The zero-order valence-electron chi connectivity index (χ0n) is 14.1. The molecule has 1 aromatic heterocycles. The molecule has 7 heteroatoms. The maximum atomic E-state index is 6.00. The lowest BCUT2D eigenvalue weighted by Gasteiger charge is -2.16. The summed E-state index contributed by atoms with van der Waals surface area (Å²) in [6.45, 7) is 7.40. The number of aromatic nitrogens is 2. The molecule has 0 saturated heterocycles. The van der Waals surface area contributed by atoms with E-state index in [2.05, 4.69) is 34.6 Å². The zero-order chi connectivity index (χ0) is 16.5. The number of nitrogens with zero attached hydrogens (tertiary/aromatic N) is 3. The number of halogens is 2. The van der Waals surface area contributed by atoms with Crippen molar-refractivity contribution in [1.29, 1.82) is 0 Å². The van der Waals surface area contributed by atoms with Gasteiger partial charge >= 0.3 is 0 Å². The maximum Gasteiger partial charge on any atom is 0.191 e. The molecule has 0 fully saturated rings. The van der Waals surface area contributed by atoms with Gasteiger partial charge in [-0.05, 0) is 36.6 Å². The molecule has 1 heterocycles. The zero-order valence-corrected chi connectivity index (χ0v) is 17.2. The second kappa shape index (κ2) is 11.3. The topological polar surface area (TPSA) is 54.2 Å². The van der Waals surface area contributed by atoms with E-state index in [1.54, 1.807) is 6.20 Å². The number of guanidine groups is 1. The highest BCUT2D eigenvalue weighted by atomic mass is 127. The Morgan fingerprint density at radius 1 is 1.33 bits per heavy atom. The highest BCUT2D eigenvalue weighted by Crippen LogP contribution is 2.11. The van der Waals surface area contributed by atoms with E-state index in [1.807, 2.05) is 41.2 Å². The van der Waals surface area contributed by atoms with Crippen molar-refractivity contribution in [3.63, 3.8) is 0 Å². The quantitative estimate of drug-likeness (QED) is 0.377. The van der Waals surface area contributed by atoms with Crippen molar-refractivity contribution in [3.8, 4) is 0 Å². The Kier molecular flexibility index (Phi) is 9.78. The van der Waals surface area contributed by atoms with Crippen molar-refractivity contribution >= 4 is 41.5 Å². The van der Waals surface area contributed by atoms with Gasteiger partial charge in [0.05, 0.1) is 6.54 Å². The van der Waals surface area contributed by atoms with Crippen LogP contribution in [0.4, 0.5) is 0 Å². The smallest absolute Gasteiger partial charge is 0.191 e. The molecule has 0 amide bonds. The molecule has 2 rings (SSSR count). The molecular formula is C17H25ClIN5. The van der Waals surface area contributed by atoms with Crippen molar-refractivity contribution < 1.29 is 0 Å². The molecule has 0 spiro atoms. The van der Waals surface area contributed by atoms with Gasteiger partial charge in [0.25, 0.3) is 0 Å². The van der Waals surface area contributed by atoms with Crippen LogP contribution in [0.3, 0.4) is 0 Å². The summed E-state index contributed by atoms with van der Waals surface area (Å²) in [6, 6.07) is 9.72. The average molecular weight is 462 g/mol. The Labute approximate surface area is 165 Å². The van der Waals surface area contributed by atoms with Crippen LogP contribution in [0.5, 0.6) is 0 Å². The second-order valence-corrected chi connectivity index (χ2v) is 5.98. The number of aliphatic imine (C=N–C) groups is 1. The lowest BCUT2D eigenvalue weighted by atomic mass is 10.2. The van der Waals surface area contributed by atoms with Gasteiger partial charge in [-0.1, -0.05) is 30.7 Å². The van der Waals surface area contributed by atoms with Gasteiger partial charge in [-0.2, -0.15) is 5.10 Å². The minimum atomic E-state index is 0. The Balaban J connectivity index is 0.00000288. The number of nitrogens with one attached hydrogen (secondary N) is 2. The van der Waals surface area contributed by atoms with Crippen LogP contribution in [-0.4, -0.2) is 28.8 Å². The molecule has 1 unspecified atom stereocenters. The van der Waals surface area contributed by atoms with E-state index in [1.165, 1.54) is 0 Å². The van der Waals surface area contributed by atoms with E-state index < -0.39 is 0 Å². The van der Waals surface area contributed by atoms with E-state index in [4.69, 9.17) is 11.6 Å². The van der Waals surface area contributed by atoms with Crippen LogP contribution in [0, 0.1) is 5.92 Å². The molecule has 0 aliphatic rings. The third kappa shape index (κ3) is 7.53. The van der Waals surface area contributed by atoms with Crippen molar-refractivity contribution in [2.24, 2.45) is 10.9 Å². The van der Waals surface area contributed by atoms with Crippen molar-refractivity contribution in [3.05, 3.63) is 53.3 Å². The van der Waals surface area contributed by atoms with Gasteiger partial charge in [0, 0.05) is 37.1 Å². The molecule has 1 atom stereocenters. The minimum Gasteiger partial charge on any atom is -0.357 e. The Morgan fingerprint density at radius 3 is 2.83 bits per heavy atom. The summed E-state index contributed by atoms with van der Waals surface area (Å²) in [7, 11) is 0. The highest BCUT2D eigenvalue weighted by molar-refractivity contribution is 14.0. The molecule has 24 heavy (non-hydrogen) atoms. The second-order valence-electron chi connectivity index (χ2n) is 5.54. The van der Waals surface area contributed by atoms with Gasteiger partial charge in [0.15, 0.2) is 5.96 Å². The summed E-state index contributed by atoms with van der Waals surface area (Å²) in [5.41, 5.74) is 1.10. The molecule has 2 N–H and O–H groups in total. The van der Waals surface area contributed by atoms with Crippen LogP contribution >= 0.6 is 35.6 Å². The molecule has 0 radical (unpaired) electrons. The highest BCUT2D eigenvalue weighted by Gasteiger charge is 2.05. The summed E-state index contributed by atoms with van der Waals surface area (Å²) in [6.07, 6.45) is 3.78. The largest absolute Gasteiger partial charge is 0.357 e. The summed E-state index contributed by atoms with van der Waals surface area (Å²) >= 11 is 6.00. The van der Waals surface area contributed by atoms with Crippen LogP contribution < -0.4 is 10.6 Å². The van der Waals surface area contributed by atoms with Crippen LogP contribution in [0.1, 0.15) is 19.4 Å². The van der Waals surface area contributed by atoms with Gasteiger partial charge in [0.2, 0.25) is 0 Å². The Morgan fingerprint density at radius 2 is 2.17 bits per heavy atom. The van der Waals surface area contributed by atoms with E-state index in [0.717, 1.165) is 36.2 Å². The molecule has 132 valence electrons. The molecule has 2 aromatic rings. The van der Waals surface area contributed by atoms with Gasteiger partial charge in [-0.3, -0.25) is 4.68 Å². The summed E-state index contributed by atoms with van der Waals surface area (Å²) in [5, 5.41) is 11.6. The maximum absolute atomic E-state index is 6.00. The number of rotatable bonds is 7. The third-order valence-electron chi connectivity index (χ3n) is 3.33. The molecule has 0 saturated carbocycles. The first-order valence-corrected chi connectivity index (χ1v) is 8.29. The van der Waals surface area contributed by atoms with Gasteiger partial charge in [-0.15, -0.1) is 24.0 Å². The fraction of sp³-hybridized carbons (Fsp3) is 0.412. The van der Waals surface area contributed by atoms with Crippen LogP contribution in [0.15, 0.2) is 47.7 Å². The Hall–Kier alpha value is -1.28. The number of hydrogen-bond donors (Lipinski definition) is 2. The lowest BCUT2D eigenvalue weighted by Crippen LogP contribution is -2.40. The van der Waals surface area contributed by atoms with Gasteiger partial charge < -0.3 is 10.6 Å². The minimum absolute atomic E-state index is 0. The average Bonchev–Trinajstić information content (AvgIpc) is 3.03. The van der Waals surface area contributed by atoms with Gasteiger partial charge in [0.1, 0.15) is 0 Å². The van der Waals surface area contributed by atoms with E-state index in [-0.39, 0.29) is 24.0 Å². The first-order chi connectivity index (χ1) is 11.2. The standard InChI is InChI=1S/C17H24ClN5.HI/c1-3-19-17(21-12-15-6-4-7-16(18)10-15)20-11-14(2)13-23-9-5-8-22-23;/h4-10,14H,3,11-13H2,1-2H3,(H2,19,20,21);1H. The van der Waals surface area contributed by atoms with Crippen LogP contribution in [-0.2, 0) is 13.1 Å². The summed E-state index contributed by atoms with van der Waals surface area (Å²) in [4.78, 5) is 4.61. The predicted molar refractivity (Wildman–Crippen MR) is 111 cm³/mol. The fourth-order valence-electron chi connectivity index (χ4n) is 2.21. The van der Waals surface area contributed by atoms with Crippen molar-refractivity contribution in [1.82, 2.24) is 20.4 Å². The molecule has 5 nitrogen and oxygen atoms in total. The number of hydrogen-bond acceptors (Lipinski definition) is 2. The number of benzene rings is 1. The van der Waals surface area contributed by atoms with Crippen molar-refractivity contribution in [2.45, 2.75) is 26.9 Å². The fourth-order valence-corrected chi connectivity index (χ4v) is 2.42. The first kappa shape index (κ1) is 20.8. The van der Waals surface area contributed by atoms with Gasteiger partial charge in [-0.25, -0.2) is 4.99 Å². The normalized spacial score (nSPS) is 12.4. The van der Waals surface area contributed by atoms with E-state index >= 15 is 0 Å². The first-order valence-electron chi connectivity index (χ1n) is 7.91. The lowest BCUT2D eigenvalue weighted by molar-refractivity contribution is 0.443. The monoisotopic (exact) mass is 461 g/mol. The van der Waals surface area contributed by atoms with Crippen molar-refractivity contribution in [2.75, 3.05) is 13.1 Å². The SMILES string of the molecule is CCNC(=NCc1cccc(Cl)c1)NCC(C)Cn1cccn1.I. The van der Waals surface area contributed by atoms with E-state index in [0.29, 0.717) is 12.5 Å². The molecule has 0 aliphatic carbocycles. The third-order valence-corrected chi connectivity index (χ3v) is 3.56. The van der Waals surface area contributed by atoms with Crippen LogP contribution in [0.2, 0.25) is 5.02 Å². The summed E-state index contributed by atoms with van der Waals surface area (Å²) < 4.78 is 1.95. The molecule has 0 bridgehead atoms. The molecular weight excluding hydrogens is 437 g/mol. The molecule has 1 aromatic carbocycles. The Bertz CT molecular complexity index is 615. The van der Waals surface area contributed by atoms with Crippen LogP contribution in [0.25, 0.3) is 0 Å².